The Balaban J connectivity index is 2.58. The first-order chi connectivity index (χ1) is 9.19. The SMILES string of the molecule is CCCNC(CCO)COc1ccccc1C(C)C. The van der Waals surface area contributed by atoms with Crippen molar-refractivity contribution in [3.05, 3.63) is 29.8 Å². The molecule has 1 atom stereocenters. The number of para-hydroxylation sites is 1. The highest BCUT2D eigenvalue weighted by atomic mass is 16.5. The molecule has 0 aromatic heterocycles. The van der Waals surface area contributed by atoms with Crippen molar-refractivity contribution in [2.45, 2.75) is 45.6 Å². The van der Waals surface area contributed by atoms with E-state index in [9.17, 15) is 0 Å². The number of hydrogen-bond donors (Lipinski definition) is 2. The van der Waals surface area contributed by atoms with Gasteiger partial charge in [0.2, 0.25) is 0 Å². The molecule has 0 aliphatic carbocycles. The number of aliphatic hydroxyl groups is 1. The average Bonchev–Trinajstić information content (AvgIpc) is 2.42. The standard InChI is InChI=1S/C16H27NO2/c1-4-10-17-14(9-11-18)12-19-16-8-6-5-7-15(16)13(2)3/h5-8,13-14,17-18H,4,9-12H2,1-3H3. The summed E-state index contributed by atoms with van der Waals surface area (Å²) in [6, 6.07) is 8.39. The zero-order valence-electron chi connectivity index (χ0n) is 12.4. The second-order valence-electron chi connectivity index (χ2n) is 5.17. The maximum atomic E-state index is 9.08. The van der Waals surface area contributed by atoms with E-state index in [1.165, 1.54) is 5.56 Å². The van der Waals surface area contributed by atoms with Gasteiger partial charge in [-0.05, 0) is 36.9 Å². The molecule has 0 heterocycles. The topological polar surface area (TPSA) is 41.5 Å². The van der Waals surface area contributed by atoms with Crippen LogP contribution in [0.1, 0.15) is 45.1 Å². The van der Waals surface area contributed by atoms with Gasteiger partial charge in [-0.25, -0.2) is 0 Å². The monoisotopic (exact) mass is 265 g/mol. The van der Waals surface area contributed by atoms with Crippen molar-refractivity contribution in [3.63, 3.8) is 0 Å². The molecular weight excluding hydrogens is 238 g/mol. The van der Waals surface area contributed by atoms with Gasteiger partial charge < -0.3 is 15.2 Å². The fraction of sp³-hybridized carbons (Fsp3) is 0.625. The van der Waals surface area contributed by atoms with E-state index in [-0.39, 0.29) is 12.6 Å². The van der Waals surface area contributed by atoms with Crippen molar-refractivity contribution in [1.29, 1.82) is 0 Å². The maximum Gasteiger partial charge on any atom is 0.122 e. The van der Waals surface area contributed by atoms with Crippen molar-refractivity contribution >= 4 is 0 Å². The first-order valence-electron chi connectivity index (χ1n) is 7.25. The molecule has 0 spiro atoms. The molecular formula is C16H27NO2. The van der Waals surface area contributed by atoms with Crippen LogP contribution in [0, 0.1) is 0 Å². The third-order valence-electron chi connectivity index (χ3n) is 3.14. The molecule has 3 heteroatoms. The minimum atomic E-state index is 0.191. The van der Waals surface area contributed by atoms with Crippen LogP contribution in [0.5, 0.6) is 5.75 Å². The predicted molar refractivity (Wildman–Crippen MR) is 79.8 cm³/mol. The van der Waals surface area contributed by atoms with Crippen molar-refractivity contribution in [2.75, 3.05) is 19.8 Å². The molecule has 0 fully saturated rings. The van der Waals surface area contributed by atoms with E-state index in [0.29, 0.717) is 12.5 Å². The Morgan fingerprint density at radius 1 is 1.26 bits per heavy atom. The molecule has 0 saturated carbocycles. The average molecular weight is 265 g/mol. The van der Waals surface area contributed by atoms with Gasteiger partial charge in [-0.2, -0.15) is 0 Å². The molecule has 1 aromatic carbocycles. The Morgan fingerprint density at radius 3 is 2.63 bits per heavy atom. The summed E-state index contributed by atoms with van der Waals surface area (Å²) in [4.78, 5) is 0. The number of nitrogens with one attached hydrogen (secondary N) is 1. The smallest absolute Gasteiger partial charge is 0.122 e. The molecule has 19 heavy (non-hydrogen) atoms. The van der Waals surface area contributed by atoms with Crippen molar-refractivity contribution < 1.29 is 9.84 Å². The van der Waals surface area contributed by atoms with Gasteiger partial charge >= 0.3 is 0 Å². The Labute approximate surface area is 117 Å². The lowest BCUT2D eigenvalue weighted by Gasteiger charge is -2.20. The van der Waals surface area contributed by atoms with Crippen LogP contribution in [-0.2, 0) is 0 Å². The van der Waals surface area contributed by atoms with Gasteiger partial charge in [0, 0.05) is 12.6 Å². The van der Waals surface area contributed by atoms with E-state index < -0.39 is 0 Å². The molecule has 1 rings (SSSR count). The molecule has 1 aromatic rings. The highest BCUT2D eigenvalue weighted by molar-refractivity contribution is 5.35. The molecule has 0 bridgehead atoms. The number of benzene rings is 1. The van der Waals surface area contributed by atoms with Gasteiger partial charge in [0.1, 0.15) is 12.4 Å². The van der Waals surface area contributed by atoms with Crippen LogP contribution >= 0.6 is 0 Å². The minimum absolute atomic E-state index is 0.191. The number of aliphatic hydroxyl groups excluding tert-OH is 1. The van der Waals surface area contributed by atoms with Crippen molar-refractivity contribution in [3.8, 4) is 5.75 Å². The van der Waals surface area contributed by atoms with Crippen LogP contribution in [0.15, 0.2) is 24.3 Å². The summed E-state index contributed by atoms with van der Waals surface area (Å²) in [7, 11) is 0. The summed E-state index contributed by atoms with van der Waals surface area (Å²) in [5, 5.41) is 12.5. The van der Waals surface area contributed by atoms with Gasteiger partial charge in [-0.1, -0.05) is 39.0 Å². The maximum absolute atomic E-state index is 9.08. The first kappa shape index (κ1) is 16.0. The lowest BCUT2D eigenvalue weighted by molar-refractivity contribution is 0.212. The molecule has 108 valence electrons. The molecule has 2 N–H and O–H groups in total. The van der Waals surface area contributed by atoms with Gasteiger partial charge in [0.05, 0.1) is 0 Å². The third kappa shape index (κ3) is 5.62. The fourth-order valence-electron chi connectivity index (χ4n) is 2.03. The van der Waals surface area contributed by atoms with Crippen LogP contribution in [-0.4, -0.2) is 30.9 Å². The van der Waals surface area contributed by atoms with E-state index in [2.05, 4.69) is 32.2 Å². The molecule has 0 amide bonds. The van der Waals surface area contributed by atoms with Gasteiger partial charge in [-0.15, -0.1) is 0 Å². The largest absolute Gasteiger partial charge is 0.492 e. The molecule has 1 unspecified atom stereocenters. The molecule has 0 saturated heterocycles. The first-order valence-corrected chi connectivity index (χ1v) is 7.25. The summed E-state index contributed by atoms with van der Waals surface area (Å²) in [5.74, 6) is 1.41. The van der Waals surface area contributed by atoms with Crippen molar-refractivity contribution in [1.82, 2.24) is 5.32 Å². The Kier molecular flexibility index (Phi) is 7.53. The summed E-state index contributed by atoms with van der Waals surface area (Å²) >= 11 is 0. The van der Waals surface area contributed by atoms with Crippen LogP contribution in [0.4, 0.5) is 0 Å². The third-order valence-corrected chi connectivity index (χ3v) is 3.14. The normalized spacial score (nSPS) is 12.7. The number of hydrogen-bond acceptors (Lipinski definition) is 3. The summed E-state index contributed by atoms with van der Waals surface area (Å²) in [5.41, 5.74) is 1.24. The van der Waals surface area contributed by atoms with Crippen LogP contribution in [0.2, 0.25) is 0 Å². The summed E-state index contributed by atoms with van der Waals surface area (Å²) < 4.78 is 5.94. The molecule has 0 radical (unpaired) electrons. The minimum Gasteiger partial charge on any atom is -0.492 e. The molecule has 0 aliphatic rings. The summed E-state index contributed by atoms with van der Waals surface area (Å²) in [6.45, 7) is 8.23. The van der Waals surface area contributed by atoms with Gasteiger partial charge in [0.15, 0.2) is 0 Å². The van der Waals surface area contributed by atoms with E-state index in [1.807, 2.05) is 18.2 Å². The zero-order chi connectivity index (χ0) is 14.1. The lowest BCUT2D eigenvalue weighted by atomic mass is 10.0. The van der Waals surface area contributed by atoms with E-state index in [1.54, 1.807) is 0 Å². The quantitative estimate of drug-likeness (QED) is 0.721. The van der Waals surface area contributed by atoms with Gasteiger partial charge in [-0.3, -0.25) is 0 Å². The number of rotatable bonds is 9. The van der Waals surface area contributed by atoms with E-state index >= 15 is 0 Å². The molecule has 3 nitrogen and oxygen atoms in total. The summed E-state index contributed by atoms with van der Waals surface area (Å²) in [6.07, 6.45) is 1.81. The zero-order valence-corrected chi connectivity index (χ0v) is 12.4. The second-order valence-corrected chi connectivity index (χ2v) is 5.17. The Hall–Kier alpha value is -1.06. The van der Waals surface area contributed by atoms with Crippen LogP contribution in [0.3, 0.4) is 0 Å². The lowest BCUT2D eigenvalue weighted by Crippen LogP contribution is -2.36. The van der Waals surface area contributed by atoms with Crippen LogP contribution < -0.4 is 10.1 Å². The second kappa shape index (κ2) is 8.94. The van der Waals surface area contributed by atoms with Crippen LogP contribution in [0.25, 0.3) is 0 Å². The fourth-order valence-corrected chi connectivity index (χ4v) is 2.03. The molecule has 0 aliphatic heterocycles. The number of ether oxygens (including phenoxy) is 1. The predicted octanol–water partition coefficient (Wildman–Crippen LogP) is 2.94. The van der Waals surface area contributed by atoms with E-state index in [4.69, 9.17) is 9.84 Å². The Morgan fingerprint density at radius 2 is 2.00 bits per heavy atom. The Bertz CT molecular complexity index is 352. The highest BCUT2D eigenvalue weighted by Gasteiger charge is 2.11. The highest BCUT2D eigenvalue weighted by Crippen LogP contribution is 2.25. The van der Waals surface area contributed by atoms with Gasteiger partial charge in [0.25, 0.3) is 0 Å². The van der Waals surface area contributed by atoms with E-state index in [0.717, 1.165) is 25.1 Å². The van der Waals surface area contributed by atoms with Crippen molar-refractivity contribution in [2.24, 2.45) is 0 Å².